The predicted octanol–water partition coefficient (Wildman–Crippen LogP) is 4.80. The number of nitrogens with zero attached hydrogens (tertiary/aromatic N) is 1. The summed E-state index contributed by atoms with van der Waals surface area (Å²) in [4.78, 5) is 15.1. The third kappa shape index (κ3) is 4.58. The summed E-state index contributed by atoms with van der Waals surface area (Å²) in [6.45, 7) is 7.93. The van der Waals surface area contributed by atoms with Crippen LogP contribution in [0.25, 0.3) is 11.0 Å². The Labute approximate surface area is 194 Å². The van der Waals surface area contributed by atoms with E-state index in [4.69, 9.17) is 13.9 Å². The highest BCUT2D eigenvalue weighted by Crippen LogP contribution is 2.38. The first-order valence-electron chi connectivity index (χ1n) is 11.8. The molecular weight excluding hydrogens is 416 g/mol. The van der Waals surface area contributed by atoms with E-state index >= 15 is 0 Å². The van der Waals surface area contributed by atoms with Crippen LogP contribution in [0.4, 0.5) is 0 Å². The fourth-order valence-electron chi connectivity index (χ4n) is 5.03. The number of nitrogens with one attached hydrogen (secondary N) is 1. The van der Waals surface area contributed by atoms with E-state index in [0.717, 1.165) is 50.0 Å². The fourth-order valence-corrected chi connectivity index (χ4v) is 5.03. The van der Waals surface area contributed by atoms with Crippen molar-refractivity contribution in [3.8, 4) is 11.5 Å². The molecule has 2 aromatic carbocycles. The lowest BCUT2D eigenvalue weighted by Crippen LogP contribution is -2.38. The topological polar surface area (TPSA) is 63.9 Å². The maximum atomic E-state index is 12.7. The van der Waals surface area contributed by atoms with Crippen LogP contribution >= 0.6 is 0 Å². The average molecular weight is 449 g/mol. The molecule has 2 aliphatic rings. The molecule has 1 amide bonds. The van der Waals surface area contributed by atoms with Crippen molar-refractivity contribution in [1.82, 2.24) is 10.2 Å². The minimum absolute atomic E-state index is 0.116. The van der Waals surface area contributed by atoms with Crippen LogP contribution in [0, 0.1) is 5.92 Å². The minimum Gasteiger partial charge on any atom is -0.493 e. The lowest BCUT2D eigenvalue weighted by Gasteiger charge is -2.32. The van der Waals surface area contributed by atoms with Gasteiger partial charge < -0.3 is 19.2 Å². The van der Waals surface area contributed by atoms with Crippen LogP contribution in [-0.2, 0) is 13.0 Å². The van der Waals surface area contributed by atoms with E-state index in [1.165, 1.54) is 11.1 Å². The molecule has 0 spiro atoms. The van der Waals surface area contributed by atoms with Gasteiger partial charge in [0.25, 0.3) is 5.91 Å². The number of furan rings is 1. The van der Waals surface area contributed by atoms with Crippen molar-refractivity contribution in [2.24, 2.45) is 5.92 Å². The number of carbonyl (C=O) groups is 1. The Morgan fingerprint density at radius 3 is 2.76 bits per heavy atom. The highest BCUT2D eigenvalue weighted by molar-refractivity contribution is 5.97. The van der Waals surface area contributed by atoms with Gasteiger partial charge in [0.1, 0.15) is 11.4 Å². The number of carbonyl (C=O) groups excluding carboxylic acids is 1. The summed E-state index contributed by atoms with van der Waals surface area (Å²) in [5.41, 5.74) is 3.09. The number of para-hydroxylation sites is 2. The highest BCUT2D eigenvalue weighted by atomic mass is 16.5. The molecule has 0 saturated carbocycles. The summed E-state index contributed by atoms with van der Waals surface area (Å²) in [5.74, 6) is 2.35. The monoisotopic (exact) mass is 448 g/mol. The number of ether oxygens (including phenoxy) is 2. The standard InChI is InChI=1S/C27H32N2O4/c1-27(2)15-20-7-4-8-21(24(20)33-27)17-29-12-10-18(11-13-29)16-28-26(30)23-14-19-6-5-9-22(31-3)25(19)32-23/h4-9,14,18H,10-13,15-17H2,1-3H3,(H,28,30). The van der Waals surface area contributed by atoms with Crippen LogP contribution in [0.5, 0.6) is 11.5 Å². The SMILES string of the molecule is COc1cccc2cc(C(=O)NCC3CCN(Cc4cccc5c4OC(C)(C)C5)CC3)oc12. The van der Waals surface area contributed by atoms with Crippen molar-refractivity contribution in [3.05, 3.63) is 59.4 Å². The number of likely N-dealkylation sites (tertiary alicyclic amines) is 1. The predicted molar refractivity (Wildman–Crippen MR) is 128 cm³/mol. The summed E-state index contributed by atoms with van der Waals surface area (Å²) < 4.78 is 17.3. The van der Waals surface area contributed by atoms with Crippen LogP contribution in [-0.4, -0.2) is 43.2 Å². The van der Waals surface area contributed by atoms with Gasteiger partial charge in [0.15, 0.2) is 17.1 Å². The van der Waals surface area contributed by atoms with Gasteiger partial charge >= 0.3 is 0 Å². The molecule has 0 bridgehead atoms. The number of fused-ring (bicyclic) bond motifs is 2. The second kappa shape index (κ2) is 8.75. The van der Waals surface area contributed by atoms with Crippen molar-refractivity contribution in [1.29, 1.82) is 0 Å². The Balaban J connectivity index is 1.13. The Morgan fingerprint density at radius 2 is 1.97 bits per heavy atom. The first-order chi connectivity index (χ1) is 15.9. The van der Waals surface area contributed by atoms with E-state index in [2.05, 4.69) is 42.3 Å². The van der Waals surface area contributed by atoms with Gasteiger partial charge in [0.05, 0.1) is 7.11 Å². The molecule has 6 heteroatoms. The summed E-state index contributed by atoms with van der Waals surface area (Å²) in [7, 11) is 1.60. The number of amides is 1. The van der Waals surface area contributed by atoms with E-state index in [1.54, 1.807) is 13.2 Å². The fraction of sp³-hybridized carbons (Fsp3) is 0.444. The first kappa shape index (κ1) is 21.8. The zero-order valence-corrected chi connectivity index (χ0v) is 19.6. The largest absolute Gasteiger partial charge is 0.493 e. The normalized spacial score (nSPS) is 18.2. The van der Waals surface area contributed by atoms with Gasteiger partial charge in [-0.25, -0.2) is 0 Å². The van der Waals surface area contributed by atoms with E-state index in [-0.39, 0.29) is 11.5 Å². The van der Waals surface area contributed by atoms with Crippen molar-refractivity contribution in [2.45, 2.75) is 45.3 Å². The van der Waals surface area contributed by atoms with Crippen LogP contribution in [0.1, 0.15) is 48.4 Å². The molecule has 1 saturated heterocycles. The molecule has 1 N–H and O–H groups in total. The maximum absolute atomic E-state index is 12.7. The number of rotatable bonds is 6. The van der Waals surface area contributed by atoms with Crippen LogP contribution in [0.2, 0.25) is 0 Å². The second-order valence-electron chi connectivity index (χ2n) is 9.86. The van der Waals surface area contributed by atoms with Crippen LogP contribution in [0.3, 0.4) is 0 Å². The molecule has 0 aliphatic carbocycles. The van der Waals surface area contributed by atoms with Crippen molar-refractivity contribution in [3.63, 3.8) is 0 Å². The Kier molecular flexibility index (Phi) is 5.79. The van der Waals surface area contributed by atoms with Gasteiger partial charge in [-0.05, 0) is 63.4 Å². The van der Waals surface area contributed by atoms with E-state index < -0.39 is 0 Å². The first-order valence-corrected chi connectivity index (χ1v) is 11.8. The number of hydrogen-bond donors (Lipinski definition) is 1. The Hall–Kier alpha value is -2.99. The Morgan fingerprint density at radius 1 is 1.18 bits per heavy atom. The summed E-state index contributed by atoms with van der Waals surface area (Å²) in [5, 5.41) is 3.93. The molecule has 2 aliphatic heterocycles. The molecule has 0 unspecified atom stereocenters. The molecule has 3 heterocycles. The summed E-state index contributed by atoms with van der Waals surface area (Å²) >= 11 is 0. The summed E-state index contributed by atoms with van der Waals surface area (Å²) in [6, 6.07) is 13.9. The number of hydrogen-bond acceptors (Lipinski definition) is 5. The van der Waals surface area contributed by atoms with Gasteiger partial charge in [0.2, 0.25) is 0 Å². The quantitative estimate of drug-likeness (QED) is 0.587. The summed E-state index contributed by atoms with van der Waals surface area (Å²) in [6.07, 6.45) is 3.10. The number of benzene rings is 2. The highest BCUT2D eigenvalue weighted by Gasteiger charge is 2.32. The third-order valence-corrected chi connectivity index (χ3v) is 6.78. The number of piperidine rings is 1. The zero-order chi connectivity index (χ0) is 23.0. The molecule has 1 aromatic heterocycles. The zero-order valence-electron chi connectivity index (χ0n) is 19.6. The van der Waals surface area contributed by atoms with Gasteiger partial charge in [0, 0.05) is 30.5 Å². The number of methoxy groups -OCH3 is 1. The molecule has 33 heavy (non-hydrogen) atoms. The van der Waals surface area contributed by atoms with Crippen molar-refractivity contribution < 1.29 is 18.7 Å². The molecule has 5 rings (SSSR count). The maximum Gasteiger partial charge on any atom is 0.287 e. The van der Waals surface area contributed by atoms with Crippen LogP contribution < -0.4 is 14.8 Å². The van der Waals surface area contributed by atoms with E-state index in [9.17, 15) is 4.79 Å². The molecule has 6 nitrogen and oxygen atoms in total. The van der Waals surface area contributed by atoms with Crippen molar-refractivity contribution >= 4 is 16.9 Å². The molecule has 0 atom stereocenters. The Bertz CT molecular complexity index is 1160. The molecule has 0 radical (unpaired) electrons. The molecule has 174 valence electrons. The molecule has 3 aromatic rings. The van der Waals surface area contributed by atoms with Crippen LogP contribution in [0.15, 0.2) is 46.9 Å². The van der Waals surface area contributed by atoms with E-state index in [0.29, 0.717) is 29.6 Å². The van der Waals surface area contributed by atoms with Gasteiger partial charge in [-0.2, -0.15) is 0 Å². The molecule has 1 fully saturated rings. The smallest absolute Gasteiger partial charge is 0.287 e. The van der Waals surface area contributed by atoms with Crippen molar-refractivity contribution in [2.75, 3.05) is 26.7 Å². The average Bonchev–Trinajstić information content (AvgIpc) is 3.38. The molecular formula is C27H32N2O4. The van der Waals surface area contributed by atoms with E-state index in [1.807, 2.05) is 18.2 Å². The minimum atomic E-state index is -0.171. The third-order valence-electron chi connectivity index (χ3n) is 6.78. The lowest BCUT2D eigenvalue weighted by molar-refractivity contribution is 0.0908. The van der Waals surface area contributed by atoms with Gasteiger partial charge in [-0.15, -0.1) is 0 Å². The van der Waals surface area contributed by atoms with Gasteiger partial charge in [-0.3, -0.25) is 9.69 Å². The second-order valence-corrected chi connectivity index (χ2v) is 9.86. The van der Waals surface area contributed by atoms with Gasteiger partial charge in [-0.1, -0.05) is 30.3 Å². The lowest BCUT2D eigenvalue weighted by atomic mass is 9.96.